The van der Waals surface area contributed by atoms with E-state index in [9.17, 15) is 15.0 Å². The summed E-state index contributed by atoms with van der Waals surface area (Å²) in [7, 11) is 0. The highest BCUT2D eigenvalue weighted by Crippen LogP contribution is 2.31. The minimum atomic E-state index is -0.930. The summed E-state index contributed by atoms with van der Waals surface area (Å²) in [6, 6.07) is 19.6. The van der Waals surface area contributed by atoms with Gasteiger partial charge in [0.15, 0.2) is 0 Å². The van der Waals surface area contributed by atoms with Gasteiger partial charge in [-0.2, -0.15) is 0 Å². The quantitative estimate of drug-likeness (QED) is 0.179. The third kappa shape index (κ3) is 5.74. The van der Waals surface area contributed by atoms with E-state index in [-0.39, 0.29) is 6.61 Å². The first kappa shape index (κ1) is 29.3. The van der Waals surface area contributed by atoms with Crippen molar-refractivity contribution in [3.05, 3.63) is 94.6 Å². The molecule has 0 atom stereocenters. The summed E-state index contributed by atoms with van der Waals surface area (Å²) >= 11 is 0. The van der Waals surface area contributed by atoms with Gasteiger partial charge in [0.1, 0.15) is 11.6 Å². The van der Waals surface area contributed by atoms with E-state index in [0.29, 0.717) is 30.1 Å². The Hall–Kier alpha value is -4.23. The second-order valence-electron chi connectivity index (χ2n) is 11.5. The molecule has 0 bridgehead atoms. The number of aryl methyl sites for hydroxylation is 2. The predicted octanol–water partition coefficient (Wildman–Crippen LogP) is 7.07. The fourth-order valence-electron chi connectivity index (χ4n) is 5.81. The molecule has 2 aromatic heterocycles. The van der Waals surface area contributed by atoms with Crippen LogP contribution in [0.15, 0.2) is 60.7 Å². The Labute approximate surface area is 247 Å². The van der Waals surface area contributed by atoms with Gasteiger partial charge in [0.2, 0.25) is 0 Å². The Morgan fingerprint density at radius 1 is 0.952 bits per heavy atom. The number of rotatable bonds is 11. The fourth-order valence-corrected chi connectivity index (χ4v) is 5.81. The zero-order chi connectivity index (χ0) is 30.0. The molecule has 0 aliphatic rings. The first-order chi connectivity index (χ1) is 20.2. The lowest BCUT2D eigenvalue weighted by atomic mass is 9.98. The first-order valence-corrected chi connectivity index (χ1v) is 14.8. The summed E-state index contributed by atoms with van der Waals surface area (Å²) in [6.45, 7) is 12.0. The number of benzene rings is 3. The van der Waals surface area contributed by atoms with E-state index in [1.807, 2.05) is 24.3 Å². The van der Waals surface area contributed by atoms with Gasteiger partial charge >= 0.3 is 5.97 Å². The van der Waals surface area contributed by atoms with Crippen LogP contribution in [0.25, 0.3) is 33.5 Å². The molecule has 0 aliphatic carbocycles. The van der Waals surface area contributed by atoms with Gasteiger partial charge in [-0.25, -0.2) is 14.8 Å². The average Bonchev–Trinajstić information content (AvgIpc) is 3.46. The summed E-state index contributed by atoms with van der Waals surface area (Å²) in [5, 5.41) is 19.5. The minimum absolute atomic E-state index is 0.0536. The molecule has 0 amide bonds. The molecule has 5 aromatic rings. The highest BCUT2D eigenvalue weighted by Gasteiger charge is 2.20. The molecule has 0 unspecified atom stereocenters. The highest BCUT2D eigenvalue weighted by molar-refractivity contribution is 5.96. The Kier molecular flexibility index (Phi) is 8.59. The normalized spacial score (nSPS) is 11.6. The molecule has 3 aromatic carbocycles. The van der Waals surface area contributed by atoms with E-state index in [0.717, 1.165) is 75.6 Å². The standard InChI is InChI=1S/C35H40N4O3/c1-6-9-32-37-33-23(4)19-27(34-36-30(18-22(2)3)24(5)38(34)16-17-40)20-31(33)39(32)21-25-12-14-26(15-13-25)28-10-7-8-11-29(28)35(41)42/h7-8,10-15,19-20,22,40H,6,9,16-18,21H2,1-5H3,(H,41,42). The van der Waals surface area contributed by atoms with Crippen molar-refractivity contribution in [3.8, 4) is 22.5 Å². The van der Waals surface area contributed by atoms with Crippen molar-refractivity contribution in [1.29, 1.82) is 0 Å². The number of aliphatic hydroxyl groups excluding tert-OH is 1. The monoisotopic (exact) mass is 564 g/mol. The van der Waals surface area contributed by atoms with Crippen LogP contribution in [-0.2, 0) is 25.9 Å². The molecular formula is C35H40N4O3. The van der Waals surface area contributed by atoms with Gasteiger partial charge in [0.25, 0.3) is 0 Å². The van der Waals surface area contributed by atoms with Crippen LogP contribution in [0, 0.1) is 19.8 Å². The molecule has 7 heteroatoms. The predicted molar refractivity (Wildman–Crippen MR) is 168 cm³/mol. The van der Waals surface area contributed by atoms with E-state index in [1.165, 1.54) is 0 Å². The lowest BCUT2D eigenvalue weighted by Gasteiger charge is -2.13. The lowest BCUT2D eigenvalue weighted by molar-refractivity contribution is 0.0697. The average molecular weight is 565 g/mol. The number of carboxylic acid groups (broad SMARTS) is 1. The number of aliphatic hydroxyl groups is 1. The fraction of sp³-hybridized carbons (Fsp3) is 0.343. The van der Waals surface area contributed by atoms with Crippen LogP contribution in [0.3, 0.4) is 0 Å². The zero-order valence-corrected chi connectivity index (χ0v) is 25.2. The van der Waals surface area contributed by atoms with Crippen LogP contribution in [-0.4, -0.2) is 41.9 Å². The van der Waals surface area contributed by atoms with Crippen LogP contribution in [0.2, 0.25) is 0 Å². The van der Waals surface area contributed by atoms with E-state index >= 15 is 0 Å². The number of carboxylic acids is 1. The second kappa shape index (κ2) is 12.3. The molecule has 2 heterocycles. The van der Waals surface area contributed by atoms with Crippen molar-refractivity contribution in [2.24, 2.45) is 5.92 Å². The van der Waals surface area contributed by atoms with Crippen molar-refractivity contribution < 1.29 is 15.0 Å². The van der Waals surface area contributed by atoms with Gasteiger partial charge in [-0.1, -0.05) is 63.2 Å². The minimum Gasteiger partial charge on any atom is -0.478 e. The molecule has 218 valence electrons. The maximum absolute atomic E-state index is 11.8. The summed E-state index contributed by atoms with van der Waals surface area (Å²) < 4.78 is 4.44. The Morgan fingerprint density at radius 2 is 1.69 bits per heavy atom. The molecule has 0 saturated carbocycles. The van der Waals surface area contributed by atoms with Crippen molar-refractivity contribution in [2.45, 2.75) is 67.0 Å². The van der Waals surface area contributed by atoms with Crippen molar-refractivity contribution in [1.82, 2.24) is 19.1 Å². The van der Waals surface area contributed by atoms with E-state index < -0.39 is 5.97 Å². The third-order valence-electron chi connectivity index (χ3n) is 7.86. The topological polar surface area (TPSA) is 93.2 Å². The molecular weight excluding hydrogens is 524 g/mol. The van der Waals surface area contributed by atoms with E-state index in [4.69, 9.17) is 9.97 Å². The molecule has 0 spiro atoms. The molecule has 0 saturated heterocycles. The number of fused-ring (bicyclic) bond motifs is 1. The number of hydrogen-bond acceptors (Lipinski definition) is 4. The van der Waals surface area contributed by atoms with Gasteiger partial charge in [-0.05, 0) is 73.1 Å². The van der Waals surface area contributed by atoms with Crippen LogP contribution >= 0.6 is 0 Å². The number of nitrogens with zero attached hydrogens (tertiary/aromatic N) is 4. The van der Waals surface area contributed by atoms with Gasteiger partial charge < -0.3 is 19.3 Å². The first-order valence-electron chi connectivity index (χ1n) is 14.8. The molecule has 42 heavy (non-hydrogen) atoms. The van der Waals surface area contributed by atoms with Gasteiger partial charge in [0, 0.05) is 30.8 Å². The van der Waals surface area contributed by atoms with Crippen molar-refractivity contribution in [3.63, 3.8) is 0 Å². The highest BCUT2D eigenvalue weighted by atomic mass is 16.4. The van der Waals surface area contributed by atoms with E-state index in [2.05, 4.69) is 68.0 Å². The van der Waals surface area contributed by atoms with Crippen molar-refractivity contribution in [2.75, 3.05) is 6.61 Å². The second-order valence-corrected chi connectivity index (χ2v) is 11.5. The van der Waals surface area contributed by atoms with E-state index in [1.54, 1.807) is 12.1 Å². The molecule has 0 fully saturated rings. The Morgan fingerprint density at radius 3 is 2.36 bits per heavy atom. The van der Waals surface area contributed by atoms with Gasteiger partial charge in [-0.15, -0.1) is 0 Å². The number of aromatic carboxylic acids is 1. The molecule has 2 N–H and O–H groups in total. The number of aromatic nitrogens is 4. The molecule has 0 radical (unpaired) electrons. The Bertz CT molecular complexity index is 1730. The maximum Gasteiger partial charge on any atom is 0.336 e. The van der Waals surface area contributed by atoms with Gasteiger partial charge in [-0.3, -0.25) is 0 Å². The van der Waals surface area contributed by atoms with Crippen LogP contribution in [0.5, 0.6) is 0 Å². The number of hydrogen-bond donors (Lipinski definition) is 2. The van der Waals surface area contributed by atoms with Crippen LogP contribution in [0.1, 0.15) is 65.9 Å². The Balaban J connectivity index is 1.58. The SMILES string of the molecule is CCCc1nc2c(C)cc(-c3nc(CC(C)C)c(C)n3CCO)cc2n1Cc1ccc(-c2ccccc2C(=O)O)cc1. The largest absolute Gasteiger partial charge is 0.478 e. The van der Waals surface area contributed by atoms with Gasteiger partial charge in [0.05, 0.1) is 28.9 Å². The summed E-state index contributed by atoms with van der Waals surface area (Å²) in [6.07, 6.45) is 2.74. The van der Waals surface area contributed by atoms with Crippen LogP contribution in [0.4, 0.5) is 0 Å². The smallest absolute Gasteiger partial charge is 0.336 e. The van der Waals surface area contributed by atoms with Crippen LogP contribution < -0.4 is 0 Å². The molecule has 7 nitrogen and oxygen atoms in total. The number of carbonyl (C=O) groups is 1. The lowest BCUT2D eigenvalue weighted by Crippen LogP contribution is -2.07. The third-order valence-corrected chi connectivity index (χ3v) is 7.86. The maximum atomic E-state index is 11.8. The summed E-state index contributed by atoms with van der Waals surface area (Å²) in [4.78, 5) is 21.9. The summed E-state index contributed by atoms with van der Waals surface area (Å²) in [5.74, 6) is 1.48. The van der Waals surface area contributed by atoms with Crippen molar-refractivity contribution >= 4 is 17.0 Å². The molecule has 5 rings (SSSR count). The summed E-state index contributed by atoms with van der Waals surface area (Å²) in [5.41, 5.74) is 9.37. The number of imidazole rings is 2. The molecule has 0 aliphatic heterocycles. The zero-order valence-electron chi connectivity index (χ0n) is 25.2.